The molecule has 1 fully saturated rings. The maximum Gasteiger partial charge on any atom is 0.275 e. The molecule has 0 bridgehead atoms. The second-order valence-corrected chi connectivity index (χ2v) is 7.87. The lowest BCUT2D eigenvalue weighted by atomic mass is 10.1. The summed E-state index contributed by atoms with van der Waals surface area (Å²) in [5.41, 5.74) is 1.14. The molecule has 0 aromatic heterocycles. The van der Waals surface area contributed by atoms with Gasteiger partial charge in [-0.05, 0) is 36.8 Å². The van der Waals surface area contributed by atoms with Gasteiger partial charge in [-0.3, -0.25) is 4.79 Å². The molecule has 1 aliphatic heterocycles. The third-order valence-electron chi connectivity index (χ3n) is 5.29. The molecule has 1 aliphatic rings. The van der Waals surface area contributed by atoms with Crippen molar-refractivity contribution in [3.63, 3.8) is 0 Å². The Kier molecular flexibility index (Phi) is 7.71. The van der Waals surface area contributed by atoms with Gasteiger partial charge < -0.3 is 19.9 Å². The predicted molar refractivity (Wildman–Crippen MR) is 111 cm³/mol. The number of piperazine rings is 1. The van der Waals surface area contributed by atoms with Crippen molar-refractivity contribution >= 4 is 17.5 Å². The molecule has 2 aromatic carbocycles. The van der Waals surface area contributed by atoms with Crippen LogP contribution in [0, 0.1) is 0 Å². The molecule has 1 atom stereocenters. The van der Waals surface area contributed by atoms with Crippen LogP contribution in [0.15, 0.2) is 54.6 Å². The van der Waals surface area contributed by atoms with E-state index in [2.05, 4.69) is 5.32 Å². The Morgan fingerprint density at radius 3 is 2.36 bits per heavy atom. The van der Waals surface area contributed by atoms with E-state index in [1.165, 1.54) is 9.80 Å². The number of benzene rings is 2. The summed E-state index contributed by atoms with van der Waals surface area (Å²) in [4.78, 5) is 15.3. The van der Waals surface area contributed by atoms with Crippen molar-refractivity contribution < 1.29 is 19.3 Å². The molecule has 0 unspecified atom stereocenters. The van der Waals surface area contributed by atoms with Gasteiger partial charge in [-0.1, -0.05) is 41.9 Å². The molecule has 3 N–H and O–H groups in total. The Balaban J connectivity index is 1.32. The molecule has 5 nitrogen and oxygen atoms in total. The zero-order valence-corrected chi connectivity index (χ0v) is 17.2. The highest BCUT2D eigenvalue weighted by molar-refractivity contribution is 6.30. The molecule has 150 valence electrons. The summed E-state index contributed by atoms with van der Waals surface area (Å²) in [5, 5.41) is 3.84. The minimum absolute atomic E-state index is 0.0463. The van der Waals surface area contributed by atoms with Crippen LogP contribution in [0.2, 0.25) is 5.02 Å². The summed E-state index contributed by atoms with van der Waals surface area (Å²) in [7, 11) is 0. The maximum atomic E-state index is 12.4. The standard InChI is InChI=1S/C22H28ClN3O2/c1-18(19-5-3-2-4-6-19)24-22(27)17-26-13-11-25(12-14-26)15-16-28-21-9-7-20(23)8-10-21/h2-10,18H,11-17H2,1H3,(H,24,27)/p+2/t18-/m0/s1. The van der Waals surface area contributed by atoms with Crippen molar-refractivity contribution in [1.29, 1.82) is 0 Å². The van der Waals surface area contributed by atoms with Gasteiger partial charge in [0.1, 0.15) is 45.1 Å². The molecule has 28 heavy (non-hydrogen) atoms. The van der Waals surface area contributed by atoms with Crippen molar-refractivity contribution in [2.24, 2.45) is 0 Å². The van der Waals surface area contributed by atoms with Gasteiger partial charge in [-0.15, -0.1) is 0 Å². The quantitative estimate of drug-likeness (QED) is 0.597. The molecular weight excluding hydrogens is 374 g/mol. The number of rotatable bonds is 8. The van der Waals surface area contributed by atoms with Crippen LogP contribution in [0.3, 0.4) is 0 Å². The number of quaternary nitrogens is 2. The van der Waals surface area contributed by atoms with Gasteiger partial charge in [0, 0.05) is 5.02 Å². The third kappa shape index (κ3) is 6.51. The first-order valence-corrected chi connectivity index (χ1v) is 10.4. The zero-order chi connectivity index (χ0) is 19.8. The van der Waals surface area contributed by atoms with E-state index in [0.717, 1.165) is 49.1 Å². The van der Waals surface area contributed by atoms with Gasteiger partial charge in [0.25, 0.3) is 5.91 Å². The van der Waals surface area contributed by atoms with E-state index in [0.29, 0.717) is 13.2 Å². The summed E-state index contributed by atoms with van der Waals surface area (Å²) < 4.78 is 5.79. The van der Waals surface area contributed by atoms with Gasteiger partial charge in [-0.25, -0.2) is 0 Å². The topological polar surface area (TPSA) is 47.2 Å². The molecule has 0 radical (unpaired) electrons. The molecule has 0 spiro atoms. The number of ether oxygens (including phenoxy) is 1. The minimum atomic E-state index is 0.0463. The van der Waals surface area contributed by atoms with Gasteiger partial charge in [0.2, 0.25) is 0 Å². The summed E-state index contributed by atoms with van der Waals surface area (Å²) in [6, 6.07) is 17.6. The van der Waals surface area contributed by atoms with Crippen LogP contribution >= 0.6 is 11.6 Å². The molecule has 6 heteroatoms. The smallest absolute Gasteiger partial charge is 0.275 e. The van der Waals surface area contributed by atoms with Gasteiger partial charge in [-0.2, -0.15) is 0 Å². The Labute approximate surface area is 172 Å². The van der Waals surface area contributed by atoms with Crippen molar-refractivity contribution in [3.05, 3.63) is 65.2 Å². The van der Waals surface area contributed by atoms with Crippen molar-refractivity contribution in [2.45, 2.75) is 13.0 Å². The highest BCUT2D eigenvalue weighted by atomic mass is 35.5. The second kappa shape index (κ2) is 10.5. The van der Waals surface area contributed by atoms with E-state index in [1.807, 2.05) is 61.5 Å². The van der Waals surface area contributed by atoms with Crippen molar-refractivity contribution in [2.75, 3.05) is 45.9 Å². The van der Waals surface area contributed by atoms with Gasteiger partial charge in [0.05, 0.1) is 6.04 Å². The van der Waals surface area contributed by atoms with E-state index < -0.39 is 0 Å². The van der Waals surface area contributed by atoms with Crippen LogP contribution in [0.4, 0.5) is 0 Å². The fraction of sp³-hybridized carbons (Fsp3) is 0.409. The highest BCUT2D eigenvalue weighted by Gasteiger charge is 2.25. The maximum absolute atomic E-state index is 12.4. The Morgan fingerprint density at radius 2 is 1.68 bits per heavy atom. The Morgan fingerprint density at radius 1 is 1.04 bits per heavy atom. The molecule has 1 amide bonds. The van der Waals surface area contributed by atoms with Crippen molar-refractivity contribution in [3.8, 4) is 5.75 Å². The normalized spacial score (nSPS) is 20.4. The first kappa shape index (κ1) is 20.6. The fourth-order valence-electron chi connectivity index (χ4n) is 3.57. The van der Waals surface area contributed by atoms with Crippen LogP contribution in [0.5, 0.6) is 5.75 Å². The summed E-state index contributed by atoms with van der Waals surface area (Å²) in [6.45, 7) is 8.43. The molecule has 2 aromatic rings. The fourth-order valence-corrected chi connectivity index (χ4v) is 3.70. The van der Waals surface area contributed by atoms with E-state index in [1.54, 1.807) is 0 Å². The number of hydrogen-bond acceptors (Lipinski definition) is 2. The summed E-state index contributed by atoms with van der Waals surface area (Å²) in [6.07, 6.45) is 0. The molecule has 1 heterocycles. The molecular formula is C22H30ClN3O2+2. The zero-order valence-electron chi connectivity index (χ0n) is 16.4. The van der Waals surface area contributed by atoms with E-state index in [4.69, 9.17) is 16.3 Å². The molecule has 3 rings (SSSR count). The van der Waals surface area contributed by atoms with E-state index in [9.17, 15) is 4.79 Å². The number of amides is 1. The first-order chi connectivity index (χ1) is 13.6. The van der Waals surface area contributed by atoms with Gasteiger partial charge >= 0.3 is 0 Å². The lowest BCUT2D eigenvalue weighted by Gasteiger charge is -2.29. The van der Waals surface area contributed by atoms with Crippen molar-refractivity contribution in [1.82, 2.24) is 5.32 Å². The van der Waals surface area contributed by atoms with E-state index >= 15 is 0 Å². The van der Waals surface area contributed by atoms with Crippen LogP contribution < -0.4 is 19.9 Å². The lowest BCUT2D eigenvalue weighted by molar-refractivity contribution is -1.01. The van der Waals surface area contributed by atoms with Gasteiger partial charge in [0.15, 0.2) is 6.54 Å². The lowest BCUT2D eigenvalue weighted by Crippen LogP contribution is -3.28. The van der Waals surface area contributed by atoms with Crippen LogP contribution in [-0.2, 0) is 4.79 Å². The largest absolute Gasteiger partial charge is 0.488 e. The molecule has 1 saturated heterocycles. The monoisotopic (exact) mass is 403 g/mol. The molecule has 0 aliphatic carbocycles. The molecule has 0 saturated carbocycles. The summed E-state index contributed by atoms with van der Waals surface area (Å²) in [5.74, 6) is 0.984. The average molecular weight is 404 g/mol. The third-order valence-corrected chi connectivity index (χ3v) is 5.54. The number of carbonyl (C=O) groups is 1. The number of nitrogens with one attached hydrogen (secondary N) is 3. The number of carbonyl (C=O) groups excluding carboxylic acids is 1. The SMILES string of the molecule is C[C@H](NC(=O)C[NH+]1CC[NH+](CCOc2ccc(Cl)cc2)CC1)c1ccccc1. The number of hydrogen-bond donors (Lipinski definition) is 3. The van der Waals surface area contributed by atoms with Crippen LogP contribution in [0.25, 0.3) is 0 Å². The predicted octanol–water partition coefficient (Wildman–Crippen LogP) is 0.380. The minimum Gasteiger partial charge on any atom is -0.488 e. The average Bonchev–Trinajstić information content (AvgIpc) is 2.71. The Bertz CT molecular complexity index is 731. The first-order valence-electron chi connectivity index (χ1n) is 10.00. The second-order valence-electron chi connectivity index (χ2n) is 7.43. The Hall–Kier alpha value is -2.08. The van der Waals surface area contributed by atoms with Crippen LogP contribution in [-0.4, -0.2) is 51.8 Å². The highest BCUT2D eigenvalue weighted by Crippen LogP contribution is 2.15. The van der Waals surface area contributed by atoms with Crippen LogP contribution in [0.1, 0.15) is 18.5 Å². The number of halogens is 1. The van der Waals surface area contributed by atoms with E-state index in [-0.39, 0.29) is 11.9 Å². The summed E-state index contributed by atoms with van der Waals surface area (Å²) >= 11 is 5.89.